The Bertz CT molecular complexity index is 634. The average molecular weight is 409 g/mol. The zero-order valence-electron chi connectivity index (χ0n) is 12.0. The van der Waals surface area contributed by atoms with Gasteiger partial charge in [0.2, 0.25) is 11.4 Å². The molecule has 0 spiro atoms. The van der Waals surface area contributed by atoms with Gasteiger partial charge in [0.05, 0.1) is 23.5 Å². The summed E-state index contributed by atoms with van der Waals surface area (Å²) < 4.78 is 15.2. The highest BCUT2D eigenvalue weighted by Gasteiger charge is 2.15. The monoisotopic (exact) mass is 408 g/mol. The molecular formula is C10H12N6O4S4. The summed E-state index contributed by atoms with van der Waals surface area (Å²) in [6.45, 7) is 1.13. The van der Waals surface area contributed by atoms with Gasteiger partial charge >= 0.3 is 11.9 Å². The van der Waals surface area contributed by atoms with E-state index in [0.717, 1.165) is 35.0 Å². The minimum absolute atomic E-state index is 0.0621. The van der Waals surface area contributed by atoms with E-state index in [1.165, 1.54) is 0 Å². The predicted molar refractivity (Wildman–Crippen MR) is 95.6 cm³/mol. The minimum Gasteiger partial charge on any atom is -0.476 e. The Hall–Kier alpha value is -1.64. The number of nitrogens with one attached hydrogen (secondary N) is 2. The predicted octanol–water partition coefficient (Wildman–Crippen LogP) is 1.69. The number of carboxylic acid groups (broad SMARTS) is 2. The SMILES string of the molecule is O=C(O)c1nsnc1NCCSSCCNc1nsnc1C(=O)O. The van der Waals surface area contributed by atoms with E-state index in [4.69, 9.17) is 10.2 Å². The van der Waals surface area contributed by atoms with Crippen LogP contribution < -0.4 is 10.6 Å². The summed E-state index contributed by atoms with van der Waals surface area (Å²) in [7, 11) is 3.22. The molecule has 0 aliphatic rings. The normalized spacial score (nSPS) is 10.5. The molecular weight excluding hydrogens is 396 g/mol. The van der Waals surface area contributed by atoms with Crippen molar-refractivity contribution >= 4 is 68.6 Å². The lowest BCUT2D eigenvalue weighted by atomic mass is 10.4. The zero-order valence-corrected chi connectivity index (χ0v) is 15.2. The molecule has 0 saturated carbocycles. The summed E-state index contributed by atoms with van der Waals surface area (Å²) in [6, 6.07) is 0. The van der Waals surface area contributed by atoms with Crippen LogP contribution in [-0.2, 0) is 0 Å². The number of anilines is 2. The number of rotatable bonds is 11. The van der Waals surface area contributed by atoms with Gasteiger partial charge in [-0.1, -0.05) is 21.6 Å². The van der Waals surface area contributed by atoms with E-state index in [-0.39, 0.29) is 23.0 Å². The molecule has 2 rings (SSSR count). The summed E-state index contributed by atoms with van der Waals surface area (Å²) in [5.74, 6) is -0.123. The molecule has 0 unspecified atom stereocenters. The third-order valence-corrected chi connectivity index (χ3v) is 5.89. The van der Waals surface area contributed by atoms with Crippen molar-refractivity contribution in [1.29, 1.82) is 0 Å². The fraction of sp³-hybridized carbons (Fsp3) is 0.400. The molecule has 2 aromatic heterocycles. The van der Waals surface area contributed by atoms with Gasteiger partial charge in [-0.05, 0) is 0 Å². The first-order valence-corrected chi connectivity index (χ1v) is 10.4. The van der Waals surface area contributed by atoms with Crippen LogP contribution in [0.3, 0.4) is 0 Å². The first-order chi connectivity index (χ1) is 11.6. The van der Waals surface area contributed by atoms with Crippen molar-refractivity contribution in [2.24, 2.45) is 0 Å². The quantitative estimate of drug-likeness (QED) is 0.316. The molecule has 10 nitrogen and oxygen atoms in total. The Labute approximate surface area is 152 Å². The molecule has 0 amide bonds. The standard InChI is InChI=1S/C10H12N6O4S4/c17-9(18)5-7(15-23-13-5)11-1-3-21-22-4-2-12-8-6(10(19)20)14-24-16-8/h1-4H2,(H,11,15)(H,12,16)(H,17,18)(H,19,20). The van der Waals surface area contributed by atoms with E-state index in [0.29, 0.717) is 13.1 Å². The fourth-order valence-electron chi connectivity index (χ4n) is 1.43. The van der Waals surface area contributed by atoms with Crippen LogP contribution >= 0.6 is 45.0 Å². The van der Waals surface area contributed by atoms with Crippen LogP contribution in [-0.4, -0.2) is 64.2 Å². The number of hydrogen-bond donors (Lipinski definition) is 4. The number of carboxylic acids is 2. The molecule has 0 bridgehead atoms. The van der Waals surface area contributed by atoms with E-state index in [2.05, 4.69) is 28.1 Å². The molecule has 2 heterocycles. The van der Waals surface area contributed by atoms with Crippen LogP contribution in [0.5, 0.6) is 0 Å². The molecule has 0 atom stereocenters. The second kappa shape index (κ2) is 9.61. The molecule has 14 heteroatoms. The average Bonchev–Trinajstić information content (AvgIpc) is 3.18. The highest BCUT2D eigenvalue weighted by molar-refractivity contribution is 8.76. The van der Waals surface area contributed by atoms with Gasteiger partial charge in [0, 0.05) is 24.6 Å². The molecule has 0 aliphatic carbocycles. The third kappa shape index (κ3) is 5.47. The maximum Gasteiger partial charge on any atom is 0.359 e. The zero-order chi connectivity index (χ0) is 17.4. The molecule has 0 aliphatic heterocycles. The molecule has 0 fully saturated rings. The van der Waals surface area contributed by atoms with Crippen molar-refractivity contribution in [3.05, 3.63) is 11.4 Å². The second-order valence-corrected chi connectivity index (χ2v) is 7.79. The number of nitrogens with zero attached hydrogens (tertiary/aromatic N) is 4. The summed E-state index contributed by atoms with van der Waals surface area (Å²) in [5, 5.41) is 23.6. The number of carbonyl (C=O) groups is 2. The summed E-state index contributed by atoms with van der Waals surface area (Å²) in [4.78, 5) is 21.7. The molecule has 0 aromatic carbocycles. The third-order valence-electron chi connectivity index (χ3n) is 2.42. The molecule has 0 saturated heterocycles. The first-order valence-electron chi connectivity index (χ1n) is 6.43. The van der Waals surface area contributed by atoms with Gasteiger partial charge in [-0.3, -0.25) is 0 Å². The Morgan fingerprint density at radius 1 is 0.833 bits per heavy atom. The highest BCUT2D eigenvalue weighted by Crippen LogP contribution is 2.21. The highest BCUT2D eigenvalue weighted by atomic mass is 33.1. The number of aromatic nitrogens is 4. The Balaban J connectivity index is 1.56. The van der Waals surface area contributed by atoms with Gasteiger partial charge in [0.15, 0.2) is 11.6 Å². The summed E-state index contributed by atoms with van der Waals surface area (Å²) in [6.07, 6.45) is 0. The minimum atomic E-state index is -1.10. The fourth-order valence-corrected chi connectivity index (χ4v) is 4.28. The molecule has 2 aromatic rings. The Morgan fingerprint density at radius 2 is 1.25 bits per heavy atom. The molecule has 24 heavy (non-hydrogen) atoms. The molecule has 4 N–H and O–H groups in total. The van der Waals surface area contributed by atoms with Crippen LogP contribution in [0.15, 0.2) is 0 Å². The van der Waals surface area contributed by atoms with Crippen LogP contribution in [0.4, 0.5) is 11.6 Å². The van der Waals surface area contributed by atoms with E-state index in [1.54, 1.807) is 21.6 Å². The van der Waals surface area contributed by atoms with Gasteiger partial charge in [0.1, 0.15) is 0 Å². The van der Waals surface area contributed by atoms with E-state index < -0.39 is 11.9 Å². The van der Waals surface area contributed by atoms with Crippen molar-refractivity contribution in [2.75, 3.05) is 35.2 Å². The van der Waals surface area contributed by atoms with E-state index in [9.17, 15) is 9.59 Å². The lowest BCUT2D eigenvalue weighted by Gasteiger charge is -2.04. The van der Waals surface area contributed by atoms with Crippen molar-refractivity contribution in [1.82, 2.24) is 17.5 Å². The second-order valence-electron chi connectivity index (χ2n) is 4.03. The smallest absolute Gasteiger partial charge is 0.359 e. The van der Waals surface area contributed by atoms with Crippen molar-refractivity contribution < 1.29 is 19.8 Å². The van der Waals surface area contributed by atoms with Gasteiger partial charge in [-0.2, -0.15) is 17.5 Å². The van der Waals surface area contributed by atoms with Gasteiger partial charge < -0.3 is 20.8 Å². The van der Waals surface area contributed by atoms with Crippen LogP contribution in [0.1, 0.15) is 21.0 Å². The first kappa shape index (κ1) is 18.7. The van der Waals surface area contributed by atoms with Crippen LogP contribution in [0, 0.1) is 0 Å². The van der Waals surface area contributed by atoms with E-state index >= 15 is 0 Å². The number of hydrogen-bond acceptors (Lipinski definition) is 12. The lowest BCUT2D eigenvalue weighted by molar-refractivity contribution is 0.0682. The van der Waals surface area contributed by atoms with Gasteiger partial charge in [-0.15, -0.1) is 0 Å². The van der Waals surface area contributed by atoms with E-state index in [1.807, 2.05) is 0 Å². The largest absolute Gasteiger partial charge is 0.476 e. The molecule has 0 radical (unpaired) electrons. The Kier molecular flexibility index (Phi) is 7.48. The summed E-state index contributed by atoms with van der Waals surface area (Å²) >= 11 is 1.71. The maximum atomic E-state index is 10.9. The van der Waals surface area contributed by atoms with Crippen molar-refractivity contribution in [3.8, 4) is 0 Å². The van der Waals surface area contributed by atoms with Gasteiger partial charge in [-0.25, -0.2) is 9.59 Å². The Morgan fingerprint density at radius 3 is 1.62 bits per heavy atom. The lowest BCUT2D eigenvalue weighted by Crippen LogP contribution is -2.10. The van der Waals surface area contributed by atoms with Crippen molar-refractivity contribution in [3.63, 3.8) is 0 Å². The van der Waals surface area contributed by atoms with Crippen LogP contribution in [0.25, 0.3) is 0 Å². The summed E-state index contributed by atoms with van der Waals surface area (Å²) in [5.41, 5.74) is -0.124. The van der Waals surface area contributed by atoms with Gasteiger partial charge in [0.25, 0.3) is 0 Å². The van der Waals surface area contributed by atoms with Crippen molar-refractivity contribution in [2.45, 2.75) is 0 Å². The molecule has 130 valence electrons. The van der Waals surface area contributed by atoms with Crippen LogP contribution in [0.2, 0.25) is 0 Å². The number of aromatic carboxylic acids is 2. The topological polar surface area (TPSA) is 150 Å². The maximum absolute atomic E-state index is 10.9.